The lowest BCUT2D eigenvalue weighted by Crippen LogP contribution is -1.95. The molecule has 0 N–H and O–H groups in total. The van der Waals surface area contributed by atoms with Crippen LogP contribution in [0.25, 0.3) is 0 Å². The molecule has 6 heteroatoms. The van der Waals surface area contributed by atoms with Crippen LogP contribution in [0.5, 0.6) is 0 Å². The van der Waals surface area contributed by atoms with Crippen LogP contribution in [-0.2, 0) is 13.5 Å². The highest BCUT2D eigenvalue weighted by atomic mass is 127. The zero-order valence-electron chi connectivity index (χ0n) is 7.45. The van der Waals surface area contributed by atoms with Gasteiger partial charge in [0.25, 0.3) is 0 Å². The normalized spacial score (nSPS) is 10.4. The molecule has 5 nitrogen and oxygen atoms in total. The Bertz CT molecular complexity index is 335. The molecule has 72 valence electrons. The standard InChI is InChI=1S/C7H10IN3O2/c1-5-7(11(12)13)6(3-4-8)9-10(5)2/h3-4H2,1-2H3. The van der Waals surface area contributed by atoms with Crippen LogP contribution < -0.4 is 0 Å². The molecule has 0 aromatic carbocycles. The van der Waals surface area contributed by atoms with Crippen LogP contribution in [0.1, 0.15) is 11.4 Å². The van der Waals surface area contributed by atoms with E-state index in [9.17, 15) is 10.1 Å². The summed E-state index contributed by atoms with van der Waals surface area (Å²) in [5.74, 6) is 0. The molecule has 1 heterocycles. The molecule has 0 aliphatic carbocycles. The predicted octanol–water partition coefficient (Wildman–Crippen LogP) is 1.61. The Morgan fingerprint density at radius 1 is 1.69 bits per heavy atom. The van der Waals surface area contributed by atoms with Crippen molar-refractivity contribution in [3.05, 3.63) is 21.5 Å². The van der Waals surface area contributed by atoms with Crippen LogP contribution in [0.4, 0.5) is 5.69 Å². The average molecular weight is 295 g/mol. The van der Waals surface area contributed by atoms with Gasteiger partial charge in [0.15, 0.2) is 0 Å². The Labute approximate surface area is 89.4 Å². The summed E-state index contributed by atoms with van der Waals surface area (Å²) >= 11 is 2.18. The first-order chi connectivity index (χ1) is 6.07. The molecular weight excluding hydrogens is 285 g/mol. The second-order valence-corrected chi connectivity index (χ2v) is 3.78. The fourth-order valence-corrected chi connectivity index (χ4v) is 1.67. The maximum Gasteiger partial charge on any atom is 0.313 e. The van der Waals surface area contributed by atoms with Gasteiger partial charge in [0, 0.05) is 17.9 Å². The predicted molar refractivity (Wildman–Crippen MR) is 57.2 cm³/mol. The highest BCUT2D eigenvalue weighted by Crippen LogP contribution is 2.22. The van der Waals surface area contributed by atoms with E-state index in [0.29, 0.717) is 17.8 Å². The quantitative estimate of drug-likeness (QED) is 0.368. The first-order valence-electron chi connectivity index (χ1n) is 3.80. The fraction of sp³-hybridized carbons (Fsp3) is 0.571. The van der Waals surface area contributed by atoms with E-state index in [0.717, 1.165) is 4.43 Å². The zero-order chi connectivity index (χ0) is 10.0. The third-order valence-electron chi connectivity index (χ3n) is 1.89. The maximum atomic E-state index is 10.7. The number of aryl methyl sites for hydroxylation is 2. The van der Waals surface area contributed by atoms with Crippen LogP contribution >= 0.6 is 22.6 Å². The summed E-state index contributed by atoms with van der Waals surface area (Å²) in [6, 6.07) is 0. The van der Waals surface area contributed by atoms with E-state index in [1.165, 1.54) is 0 Å². The van der Waals surface area contributed by atoms with E-state index >= 15 is 0 Å². The summed E-state index contributed by atoms with van der Waals surface area (Å²) in [4.78, 5) is 10.3. The van der Waals surface area contributed by atoms with Crippen molar-refractivity contribution >= 4 is 28.3 Å². The van der Waals surface area contributed by atoms with Crippen molar-refractivity contribution in [2.24, 2.45) is 7.05 Å². The molecule has 0 radical (unpaired) electrons. The van der Waals surface area contributed by atoms with Crippen molar-refractivity contribution in [1.29, 1.82) is 0 Å². The van der Waals surface area contributed by atoms with Gasteiger partial charge in [-0.05, 0) is 6.92 Å². The number of halogens is 1. The van der Waals surface area contributed by atoms with Crippen LogP contribution in [0.15, 0.2) is 0 Å². The number of nitrogens with zero attached hydrogens (tertiary/aromatic N) is 3. The van der Waals surface area contributed by atoms with Gasteiger partial charge >= 0.3 is 5.69 Å². The van der Waals surface area contributed by atoms with Crippen LogP contribution in [0.3, 0.4) is 0 Å². The molecule has 0 atom stereocenters. The van der Waals surface area contributed by atoms with Gasteiger partial charge < -0.3 is 0 Å². The van der Waals surface area contributed by atoms with Crippen LogP contribution in [0.2, 0.25) is 0 Å². The zero-order valence-corrected chi connectivity index (χ0v) is 9.61. The second kappa shape index (κ2) is 4.03. The topological polar surface area (TPSA) is 61.0 Å². The van der Waals surface area contributed by atoms with Crippen LogP contribution in [-0.4, -0.2) is 19.1 Å². The number of hydrogen-bond donors (Lipinski definition) is 0. The monoisotopic (exact) mass is 295 g/mol. The SMILES string of the molecule is Cc1c([N+](=O)[O-])c(CCI)nn1C. The second-order valence-electron chi connectivity index (χ2n) is 2.70. The van der Waals surface area contributed by atoms with Gasteiger partial charge in [-0.1, -0.05) is 22.6 Å². The first-order valence-corrected chi connectivity index (χ1v) is 5.33. The number of nitro groups is 1. The van der Waals surface area contributed by atoms with E-state index in [-0.39, 0.29) is 10.6 Å². The van der Waals surface area contributed by atoms with Gasteiger partial charge in [-0.2, -0.15) is 5.10 Å². The molecule has 0 saturated heterocycles. The number of aromatic nitrogens is 2. The number of alkyl halides is 1. The van der Waals surface area contributed by atoms with Gasteiger partial charge in [-0.3, -0.25) is 14.8 Å². The largest absolute Gasteiger partial charge is 0.313 e. The Kier molecular flexibility index (Phi) is 3.23. The molecule has 1 aromatic rings. The van der Waals surface area contributed by atoms with E-state index in [1.54, 1.807) is 18.7 Å². The summed E-state index contributed by atoms with van der Waals surface area (Å²) < 4.78 is 2.40. The lowest BCUT2D eigenvalue weighted by Gasteiger charge is -1.91. The number of hydrogen-bond acceptors (Lipinski definition) is 3. The van der Waals surface area contributed by atoms with Crippen molar-refractivity contribution in [2.45, 2.75) is 13.3 Å². The Balaban J connectivity index is 3.18. The van der Waals surface area contributed by atoms with Crippen molar-refractivity contribution in [3.8, 4) is 0 Å². The Morgan fingerprint density at radius 3 is 2.77 bits per heavy atom. The van der Waals surface area contributed by atoms with Gasteiger partial charge in [0.1, 0.15) is 11.4 Å². The summed E-state index contributed by atoms with van der Waals surface area (Å²) in [6.07, 6.45) is 0.651. The Morgan fingerprint density at radius 2 is 2.31 bits per heavy atom. The lowest BCUT2D eigenvalue weighted by molar-refractivity contribution is -0.386. The van der Waals surface area contributed by atoms with Crippen molar-refractivity contribution in [1.82, 2.24) is 9.78 Å². The number of rotatable bonds is 3. The molecule has 1 rings (SSSR count). The average Bonchev–Trinajstić information content (AvgIpc) is 2.28. The summed E-state index contributed by atoms with van der Waals surface area (Å²) in [6.45, 7) is 1.71. The van der Waals surface area contributed by atoms with Gasteiger partial charge in [0.05, 0.1) is 4.92 Å². The Hall–Kier alpha value is -0.660. The van der Waals surface area contributed by atoms with Crippen molar-refractivity contribution in [2.75, 3.05) is 4.43 Å². The summed E-state index contributed by atoms with van der Waals surface area (Å²) in [7, 11) is 1.72. The highest BCUT2D eigenvalue weighted by Gasteiger charge is 2.22. The van der Waals surface area contributed by atoms with Crippen molar-refractivity contribution < 1.29 is 4.92 Å². The maximum absolute atomic E-state index is 10.7. The molecule has 0 aliphatic heterocycles. The van der Waals surface area contributed by atoms with E-state index in [4.69, 9.17) is 0 Å². The van der Waals surface area contributed by atoms with E-state index in [1.807, 2.05) is 0 Å². The minimum absolute atomic E-state index is 0.166. The van der Waals surface area contributed by atoms with E-state index in [2.05, 4.69) is 27.7 Å². The third-order valence-corrected chi connectivity index (χ3v) is 2.43. The third kappa shape index (κ3) is 1.98. The molecular formula is C7H10IN3O2. The minimum Gasteiger partial charge on any atom is -0.265 e. The van der Waals surface area contributed by atoms with Crippen molar-refractivity contribution in [3.63, 3.8) is 0 Å². The first kappa shape index (κ1) is 10.4. The molecule has 0 aliphatic rings. The molecule has 0 spiro atoms. The molecule has 0 fully saturated rings. The summed E-state index contributed by atoms with van der Waals surface area (Å²) in [5, 5.41) is 14.8. The van der Waals surface area contributed by atoms with Gasteiger partial charge in [-0.15, -0.1) is 0 Å². The molecule has 0 unspecified atom stereocenters. The van der Waals surface area contributed by atoms with Gasteiger partial charge in [0.2, 0.25) is 0 Å². The summed E-state index contributed by atoms with van der Waals surface area (Å²) in [5.41, 5.74) is 1.36. The molecule has 0 bridgehead atoms. The molecule has 1 aromatic heterocycles. The lowest BCUT2D eigenvalue weighted by atomic mass is 10.2. The molecule has 13 heavy (non-hydrogen) atoms. The molecule has 0 saturated carbocycles. The van der Waals surface area contributed by atoms with Gasteiger partial charge in [-0.25, -0.2) is 0 Å². The smallest absolute Gasteiger partial charge is 0.265 e. The fourth-order valence-electron chi connectivity index (χ4n) is 1.16. The highest BCUT2D eigenvalue weighted by molar-refractivity contribution is 14.1. The molecule has 0 amide bonds. The van der Waals surface area contributed by atoms with Crippen LogP contribution in [0, 0.1) is 17.0 Å². The minimum atomic E-state index is -0.357. The van der Waals surface area contributed by atoms with E-state index < -0.39 is 0 Å².